The largest absolute Gasteiger partial charge is 0.388 e. The van der Waals surface area contributed by atoms with Gasteiger partial charge in [-0.05, 0) is 25.0 Å². The second-order valence-corrected chi connectivity index (χ2v) is 5.63. The molecule has 0 bridgehead atoms. The Morgan fingerprint density at radius 2 is 1.75 bits per heavy atom. The Morgan fingerprint density at radius 1 is 1.10 bits per heavy atom. The highest BCUT2D eigenvalue weighted by molar-refractivity contribution is 5.80. The molecule has 20 heavy (non-hydrogen) atoms. The molecule has 0 radical (unpaired) electrons. The van der Waals surface area contributed by atoms with E-state index in [1.165, 1.54) is 12.8 Å². The van der Waals surface area contributed by atoms with Gasteiger partial charge in [-0.3, -0.25) is 4.79 Å². The summed E-state index contributed by atoms with van der Waals surface area (Å²) in [5, 5.41) is 16.4. The van der Waals surface area contributed by atoms with Gasteiger partial charge in [0.05, 0.1) is 12.1 Å². The minimum Gasteiger partial charge on any atom is -0.388 e. The van der Waals surface area contributed by atoms with Crippen molar-refractivity contribution in [1.82, 2.24) is 5.32 Å². The third kappa shape index (κ3) is 4.85. The quantitative estimate of drug-likeness (QED) is 0.723. The first-order valence-corrected chi connectivity index (χ1v) is 7.46. The van der Waals surface area contributed by atoms with Crippen LogP contribution in [-0.2, 0) is 4.79 Å². The van der Waals surface area contributed by atoms with Gasteiger partial charge >= 0.3 is 0 Å². The Hall–Kier alpha value is -1.55. The van der Waals surface area contributed by atoms with Crippen LogP contribution in [0.2, 0.25) is 0 Å². The fourth-order valence-corrected chi connectivity index (χ4v) is 2.63. The zero-order chi connectivity index (χ0) is 14.3. The smallest absolute Gasteiger partial charge is 0.239 e. The normalized spacial score (nSPS) is 18.1. The number of hydrogen-bond acceptors (Lipinski definition) is 3. The van der Waals surface area contributed by atoms with Crippen molar-refractivity contribution in [3.8, 4) is 0 Å². The summed E-state index contributed by atoms with van der Waals surface area (Å²) in [7, 11) is 0. The first-order valence-electron chi connectivity index (χ1n) is 7.46. The Bertz CT molecular complexity index is 412. The Morgan fingerprint density at radius 3 is 2.40 bits per heavy atom. The molecule has 0 aromatic heterocycles. The predicted octanol–water partition coefficient (Wildman–Crippen LogP) is 2.30. The van der Waals surface area contributed by atoms with E-state index in [2.05, 4.69) is 10.6 Å². The van der Waals surface area contributed by atoms with Gasteiger partial charge in [0.1, 0.15) is 0 Å². The fourth-order valence-electron chi connectivity index (χ4n) is 2.63. The molecule has 0 saturated heterocycles. The third-order valence-electron chi connectivity index (χ3n) is 3.88. The molecule has 0 atom stereocenters. The maximum atomic E-state index is 11.8. The predicted molar refractivity (Wildman–Crippen MR) is 80.6 cm³/mol. The van der Waals surface area contributed by atoms with Gasteiger partial charge in [-0.25, -0.2) is 0 Å². The first-order chi connectivity index (χ1) is 9.68. The molecular formula is C16H24N2O2. The number of benzene rings is 1. The second-order valence-electron chi connectivity index (χ2n) is 5.63. The zero-order valence-electron chi connectivity index (χ0n) is 11.9. The zero-order valence-corrected chi connectivity index (χ0v) is 11.9. The SMILES string of the molecule is O=C(CNc1ccccc1)NCC1(O)CCCCCC1. The molecule has 1 saturated carbocycles. The van der Waals surface area contributed by atoms with Crippen LogP contribution in [0.5, 0.6) is 0 Å². The van der Waals surface area contributed by atoms with Gasteiger partial charge in [-0.15, -0.1) is 0 Å². The Kier molecular flexibility index (Phi) is 5.41. The number of nitrogens with one attached hydrogen (secondary N) is 2. The van der Waals surface area contributed by atoms with Gasteiger partial charge in [-0.1, -0.05) is 43.9 Å². The topological polar surface area (TPSA) is 61.4 Å². The van der Waals surface area contributed by atoms with Crippen molar-refractivity contribution in [3.63, 3.8) is 0 Å². The molecule has 0 unspecified atom stereocenters. The second kappa shape index (κ2) is 7.29. The standard InChI is InChI=1S/C16H24N2O2/c19-15(12-17-14-8-4-3-5-9-14)18-13-16(20)10-6-1-2-7-11-16/h3-5,8-9,17,20H,1-2,6-7,10-13H2,(H,18,19). The lowest BCUT2D eigenvalue weighted by atomic mass is 9.94. The summed E-state index contributed by atoms with van der Waals surface area (Å²) in [6.07, 6.45) is 6.06. The molecular weight excluding hydrogens is 252 g/mol. The molecule has 1 aliphatic rings. The molecule has 0 heterocycles. The van der Waals surface area contributed by atoms with Crippen LogP contribution in [0.25, 0.3) is 0 Å². The lowest BCUT2D eigenvalue weighted by molar-refractivity contribution is -0.120. The summed E-state index contributed by atoms with van der Waals surface area (Å²) >= 11 is 0. The summed E-state index contributed by atoms with van der Waals surface area (Å²) < 4.78 is 0. The Labute approximate surface area is 120 Å². The highest BCUT2D eigenvalue weighted by Crippen LogP contribution is 2.26. The summed E-state index contributed by atoms with van der Waals surface area (Å²) in [5.41, 5.74) is 0.217. The van der Waals surface area contributed by atoms with E-state index in [1.807, 2.05) is 30.3 Å². The van der Waals surface area contributed by atoms with E-state index in [0.29, 0.717) is 6.54 Å². The highest BCUT2D eigenvalue weighted by Gasteiger charge is 2.28. The summed E-state index contributed by atoms with van der Waals surface area (Å²) in [4.78, 5) is 11.8. The van der Waals surface area contributed by atoms with Crippen LogP contribution in [0.15, 0.2) is 30.3 Å². The van der Waals surface area contributed by atoms with E-state index in [0.717, 1.165) is 31.4 Å². The van der Waals surface area contributed by atoms with Crippen LogP contribution < -0.4 is 10.6 Å². The molecule has 4 heteroatoms. The molecule has 0 spiro atoms. The summed E-state index contributed by atoms with van der Waals surface area (Å²) in [6, 6.07) is 9.63. The molecule has 1 amide bonds. The molecule has 1 aromatic carbocycles. The monoisotopic (exact) mass is 276 g/mol. The van der Waals surface area contributed by atoms with Gasteiger partial charge in [0.2, 0.25) is 5.91 Å². The highest BCUT2D eigenvalue weighted by atomic mass is 16.3. The van der Waals surface area contributed by atoms with Gasteiger partial charge in [0.25, 0.3) is 0 Å². The van der Waals surface area contributed by atoms with Gasteiger partial charge < -0.3 is 15.7 Å². The van der Waals surface area contributed by atoms with Crippen molar-refractivity contribution >= 4 is 11.6 Å². The van der Waals surface area contributed by atoms with Crippen molar-refractivity contribution in [1.29, 1.82) is 0 Å². The van der Waals surface area contributed by atoms with Crippen molar-refractivity contribution < 1.29 is 9.90 Å². The minimum absolute atomic E-state index is 0.0773. The molecule has 110 valence electrons. The van der Waals surface area contributed by atoms with Crippen LogP contribution in [-0.4, -0.2) is 29.7 Å². The van der Waals surface area contributed by atoms with Crippen LogP contribution in [0.1, 0.15) is 38.5 Å². The van der Waals surface area contributed by atoms with Crippen LogP contribution in [0.3, 0.4) is 0 Å². The average molecular weight is 276 g/mol. The van der Waals surface area contributed by atoms with Crippen molar-refractivity contribution in [2.75, 3.05) is 18.4 Å². The van der Waals surface area contributed by atoms with E-state index in [-0.39, 0.29) is 12.5 Å². The van der Waals surface area contributed by atoms with Crippen LogP contribution >= 0.6 is 0 Å². The van der Waals surface area contributed by atoms with Crippen molar-refractivity contribution in [2.24, 2.45) is 0 Å². The summed E-state index contributed by atoms with van der Waals surface area (Å²) in [6.45, 7) is 0.600. The average Bonchev–Trinajstić information content (AvgIpc) is 2.69. The number of anilines is 1. The molecule has 2 rings (SSSR count). The number of amides is 1. The van der Waals surface area contributed by atoms with Crippen molar-refractivity contribution in [3.05, 3.63) is 30.3 Å². The lowest BCUT2D eigenvalue weighted by Crippen LogP contribution is -2.44. The number of carbonyl (C=O) groups excluding carboxylic acids is 1. The number of carbonyl (C=O) groups is 1. The lowest BCUT2D eigenvalue weighted by Gasteiger charge is -2.26. The molecule has 1 fully saturated rings. The van der Waals surface area contributed by atoms with E-state index >= 15 is 0 Å². The van der Waals surface area contributed by atoms with E-state index < -0.39 is 5.60 Å². The Balaban J connectivity index is 1.71. The third-order valence-corrected chi connectivity index (χ3v) is 3.88. The number of para-hydroxylation sites is 1. The molecule has 1 aromatic rings. The van der Waals surface area contributed by atoms with E-state index in [4.69, 9.17) is 0 Å². The molecule has 3 N–H and O–H groups in total. The molecule has 4 nitrogen and oxygen atoms in total. The van der Waals surface area contributed by atoms with Gasteiger partial charge in [0.15, 0.2) is 0 Å². The minimum atomic E-state index is -0.709. The maximum absolute atomic E-state index is 11.8. The van der Waals surface area contributed by atoms with Crippen LogP contribution in [0.4, 0.5) is 5.69 Å². The number of aliphatic hydroxyl groups is 1. The van der Waals surface area contributed by atoms with Crippen LogP contribution in [0, 0.1) is 0 Å². The molecule has 1 aliphatic carbocycles. The van der Waals surface area contributed by atoms with E-state index in [1.54, 1.807) is 0 Å². The van der Waals surface area contributed by atoms with Crippen molar-refractivity contribution in [2.45, 2.75) is 44.1 Å². The summed E-state index contributed by atoms with van der Waals surface area (Å²) in [5.74, 6) is -0.0773. The fraction of sp³-hybridized carbons (Fsp3) is 0.562. The first kappa shape index (κ1) is 14.9. The number of rotatable bonds is 5. The van der Waals surface area contributed by atoms with Gasteiger partial charge in [-0.2, -0.15) is 0 Å². The van der Waals surface area contributed by atoms with E-state index in [9.17, 15) is 9.90 Å². The molecule has 0 aliphatic heterocycles. The maximum Gasteiger partial charge on any atom is 0.239 e. The van der Waals surface area contributed by atoms with Gasteiger partial charge in [0, 0.05) is 12.2 Å². The number of hydrogen-bond donors (Lipinski definition) is 3.